The van der Waals surface area contributed by atoms with Gasteiger partial charge in [-0.15, -0.1) is 0 Å². The van der Waals surface area contributed by atoms with Crippen LogP contribution in [0.25, 0.3) is 0 Å². The van der Waals surface area contributed by atoms with Crippen LogP contribution in [0.3, 0.4) is 0 Å². The smallest absolute Gasteiger partial charge is 0.0390 e. The lowest BCUT2D eigenvalue weighted by atomic mass is 10.0. The number of thioether (sulfide) groups is 1. The molecule has 1 aromatic rings. The molecule has 0 aliphatic carbocycles. The van der Waals surface area contributed by atoms with Crippen LogP contribution in [-0.2, 0) is 5.75 Å². The normalized spacial score (nSPS) is 22.0. The van der Waals surface area contributed by atoms with Crippen molar-refractivity contribution in [3.63, 3.8) is 0 Å². The molecule has 12 heavy (non-hydrogen) atoms. The van der Waals surface area contributed by atoms with E-state index >= 15 is 0 Å². The first kappa shape index (κ1) is 8.60. The first-order valence-corrected chi connectivity index (χ1v) is 5.84. The van der Waals surface area contributed by atoms with Crippen molar-refractivity contribution in [2.75, 3.05) is 5.75 Å². The maximum absolute atomic E-state index is 5.97. The molecule has 0 radical (unpaired) electrons. The van der Waals surface area contributed by atoms with Crippen molar-refractivity contribution >= 4 is 27.7 Å². The molecule has 0 fully saturated rings. The van der Waals surface area contributed by atoms with Crippen LogP contribution in [0.4, 0.5) is 0 Å². The molecule has 0 aromatic heterocycles. The topological polar surface area (TPSA) is 26.0 Å². The summed E-state index contributed by atoms with van der Waals surface area (Å²) in [5, 5.41) is 0. The van der Waals surface area contributed by atoms with Crippen molar-refractivity contribution in [3.05, 3.63) is 33.8 Å². The second-order valence-electron chi connectivity index (χ2n) is 2.96. The molecular weight excluding hydrogens is 234 g/mol. The average molecular weight is 244 g/mol. The van der Waals surface area contributed by atoms with Gasteiger partial charge in [-0.2, -0.15) is 11.8 Å². The van der Waals surface area contributed by atoms with E-state index < -0.39 is 0 Å². The number of benzene rings is 1. The molecule has 0 bridgehead atoms. The van der Waals surface area contributed by atoms with E-state index in [9.17, 15) is 0 Å². The Labute approximate surface area is 84.9 Å². The van der Waals surface area contributed by atoms with Gasteiger partial charge >= 0.3 is 0 Å². The molecule has 1 nitrogen and oxygen atoms in total. The van der Waals surface area contributed by atoms with Crippen LogP contribution in [0.15, 0.2) is 22.7 Å². The molecule has 0 unspecified atom stereocenters. The monoisotopic (exact) mass is 243 g/mol. The Morgan fingerprint density at radius 1 is 1.50 bits per heavy atom. The van der Waals surface area contributed by atoms with Gasteiger partial charge in [0.25, 0.3) is 0 Å². The molecule has 0 spiro atoms. The standard InChI is InChI=1S/C9H10BrNS/c10-7-2-1-6-4-12-5-9(11)8(6)3-7/h1-3,9H,4-5,11H2/t9-/m0/s1. The number of nitrogens with two attached hydrogens (primary N) is 1. The molecule has 1 aliphatic rings. The fraction of sp³-hybridized carbons (Fsp3) is 0.333. The van der Waals surface area contributed by atoms with Crippen molar-refractivity contribution in [1.29, 1.82) is 0 Å². The summed E-state index contributed by atoms with van der Waals surface area (Å²) in [5.41, 5.74) is 8.67. The highest BCUT2D eigenvalue weighted by molar-refractivity contribution is 9.10. The van der Waals surface area contributed by atoms with Crippen LogP contribution in [0.5, 0.6) is 0 Å². The third-order valence-corrected chi connectivity index (χ3v) is 3.67. The summed E-state index contributed by atoms with van der Waals surface area (Å²) in [6.07, 6.45) is 0. The van der Waals surface area contributed by atoms with Gasteiger partial charge in [-0.25, -0.2) is 0 Å². The van der Waals surface area contributed by atoms with E-state index in [1.54, 1.807) is 0 Å². The summed E-state index contributed by atoms with van der Waals surface area (Å²) in [5.74, 6) is 2.15. The van der Waals surface area contributed by atoms with Crippen LogP contribution in [0.2, 0.25) is 0 Å². The van der Waals surface area contributed by atoms with E-state index in [0.717, 1.165) is 16.0 Å². The Hall–Kier alpha value is 0.01000. The van der Waals surface area contributed by atoms with E-state index in [-0.39, 0.29) is 6.04 Å². The van der Waals surface area contributed by atoms with Gasteiger partial charge in [0.15, 0.2) is 0 Å². The van der Waals surface area contributed by atoms with E-state index in [2.05, 4.69) is 34.1 Å². The van der Waals surface area contributed by atoms with Gasteiger partial charge in [0.05, 0.1) is 0 Å². The lowest BCUT2D eigenvalue weighted by Gasteiger charge is -2.21. The summed E-state index contributed by atoms with van der Waals surface area (Å²) in [6, 6.07) is 6.60. The molecule has 64 valence electrons. The van der Waals surface area contributed by atoms with Gasteiger partial charge in [0.2, 0.25) is 0 Å². The predicted octanol–water partition coefficient (Wildman–Crippen LogP) is 2.70. The molecule has 0 amide bonds. The van der Waals surface area contributed by atoms with E-state index in [1.807, 2.05) is 11.8 Å². The molecule has 2 rings (SSSR count). The minimum atomic E-state index is 0.219. The fourth-order valence-corrected chi connectivity index (χ4v) is 2.84. The first-order valence-electron chi connectivity index (χ1n) is 3.89. The lowest BCUT2D eigenvalue weighted by molar-refractivity contribution is 0.808. The van der Waals surface area contributed by atoms with E-state index in [0.29, 0.717) is 0 Å². The van der Waals surface area contributed by atoms with Crippen molar-refractivity contribution in [3.8, 4) is 0 Å². The summed E-state index contributed by atoms with van der Waals surface area (Å²) in [4.78, 5) is 0. The highest BCUT2D eigenvalue weighted by Crippen LogP contribution is 2.31. The predicted molar refractivity (Wildman–Crippen MR) is 57.2 cm³/mol. The van der Waals surface area contributed by atoms with Crippen molar-refractivity contribution < 1.29 is 0 Å². The van der Waals surface area contributed by atoms with Crippen LogP contribution in [0.1, 0.15) is 17.2 Å². The summed E-state index contributed by atoms with van der Waals surface area (Å²) >= 11 is 5.37. The number of fused-ring (bicyclic) bond motifs is 1. The minimum absolute atomic E-state index is 0.219. The molecular formula is C9H10BrNS. The average Bonchev–Trinajstić information content (AvgIpc) is 2.07. The van der Waals surface area contributed by atoms with Gasteiger partial charge in [0.1, 0.15) is 0 Å². The summed E-state index contributed by atoms with van der Waals surface area (Å²) in [6.45, 7) is 0. The van der Waals surface area contributed by atoms with Gasteiger partial charge in [0, 0.05) is 22.0 Å². The van der Waals surface area contributed by atoms with Gasteiger partial charge < -0.3 is 5.73 Å². The van der Waals surface area contributed by atoms with Gasteiger partial charge in [-0.05, 0) is 23.3 Å². The van der Waals surface area contributed by atoms with Crippen LogP contribution in [0, 0.1) is 0 Å². The second-order valence-corrected chi connectivity index (χ2v) is 4.91. The quantitative estimate of drug-likeness (QED) is 0.759. The number of halogens is 1. The largest absolute Gasteiger partial charge is 0.323 e. The molecule has 0 saturated carbocycles. The molecule has 1 aromatic carbocycles. The third kappa shape index (κ3) is 1.53. The molecule has 3 heteroatoms. The van der Waals surface area contributed by atoms with Crippen molar-refractivity contribution in [2.45, 2.75) is 11.8 Å². The zero-order chi connectivity index (χ0) is 8.55. The van der Waals surface area contributed by atoms with Gasteiger partial charge in [-0.3, -0.25) is 0 Å². The lowest BCUT2D eigenvalue weighted by Crippen LogP contribution is -2.18. The Kier molecular flexibility index (Phi) is 2.44. The first-order chi connectivity index (χ1) is 5.77. The Balaban J connectivity index is 2.47. The Morgan fingerprint density at radius 3 is 3.17 bits per heavy atom. The number of rotatable bonds is 0. The van der Waals surface area contributed by atoms with Crippen molar-refractivity contribution in [2.24, 2.45) is 5.73 Å². The molecule has 1 atom stereocenters. The highest BCUT2D eigenvalue weighted by Gasteiger charge is 2.16. The summed E-state index contributed by atoms with van der Waals surface area (Å²) in [7, 11) is 0. The Morgan fingerprint density at radius 2 is 2.33 bits per heavy atom. The number of hydrogen-bond acceptors (Lipinski definition) is 2. The zero-order valence-electron chi connectivity index (χ0n) is 6.59. The molecule has 0 saturated heterocycles. The second kappa shape index (κ2) is 3.40. The fourth-order valence-electron chi connectivity index (χ4n) is 1.43. The summed E-state index contributed by atoms with van der Waals surface area (Å²) < 4.78 is 1.13. The molecule has 1 aliphatic heterocycles. The van der Waals surface area contributed by atoms with Crippen LogP contribution < -0.4 is 5.73 Å². The maximum Gasteiger partial charge on any atom is 0.0390 e. The van der Waals surface area contributed by atoms with Crippen LogP contribution in [-0.4, -0.2) is 5.75 Å². The van der Waals surface area contributed by atoms with E-state index in [4.69, 9.17) is 5.73 Å². The SMILES string of the molecule is N[C@H]1CSCc2ccc(Br)cc21. The number of hydrogen-bond donors (Lipinski definition) is 1. The maximum atomic E-state index is 5.97. The highest BCUT2D eigenvalue weighted by atomic mass is 79.9. The van der Waals surface area contributed by atoms with Crippen LogP contribution >= 0.6 is 27.7 Å². The molecule has 2 N–H and O–H groups in total. The Bertz CT molecular complexity index is 301. The minimum Gasteiger partial charge on any atom is -0.323 e. The molecule has 1 heterocycles. The van der Waals surface area contributed by atoms with Gasteiger partial charge in [-0.1, -0.05) is 22.0 Å². The third-order valence-electron chi connectivity index (χ3n) is 2.06. The van der Waals surface area contributed by atoms with Crippen molar-refractivity contribution in [1.82, 2.24) is 0 Å². The van der Waals surface area contributed by atoms with E-state index in [1.165, 1.54) is 11.1 Å². The zero-order valence-corrected chi connectivity index (χ0v) is 8.99.